The molecule has 0 saturated heterocycles. The average Bonchev–Trinajstić information content (AvgIpc) is 2.61. The largest absolute Gasteiger partial charge is 0.465 e. The van der Waals surface area contributed by atoms with Gasteiger partial charge in [0.25, 0.3) is 0 Å². The highest BCUT2D eigenvalue weighted by Crippen LogP contribution is 2.29. The Morgan fingerprint density at radius 2 is 1.78 bits per heavy atom. The summed E-state index contributed by atoms with van der Waals surface area (Å²) in [6.45, 7) is 7.12. The second-order valence-corrected chi connectivity index (χ2v) is 4.80. The molecule has 5 heteroatoms. The molecule has 0 bridgehead atoms. The van der Waals surface area contributed by atoms with Gasteiger partial charge in [-0.25, -0.2) is 9.64 Å². The standard InChI is InChI=1S/C18H17NO4/c1-19-16-7-5-6-12(11-16)13-8-14(17(20)21-2)10-15(9-13)18(22-3)23-4/h5-11,18H,2-4H3. The molecule has 2 aromatic rings. The predicted molar refractivity (Wildman–Crippen MR) is 86.2 cm³/mol. The maximum atomic E-state index is 11.9. The maximum Gasteiger partial charge on any atom is 0.337 e. The van der Waals surface area contributed by atoms with E-state index in [1.54, 1.807) is 30.3 Å². The number of nitrogens with zero attached hydrogens (tertiary/aromatic N) is 1. The first-order valence-corrected chi connectivity index (χ1v) is 6.89. The molecule has 0 aromatic heterocycles. The number of hydrogen-bond donors (Lipinski definition) is 0. The van der Waals surface area contributed by atoms with E-state index in [0.29, 0.717) is 16.8 Å². The van der Waals surface area contributed by atoms with E-state index in [1.165, 1.54) is 21.3 Å². The van der Waals surface area contributed by atoms with Crippen molar-refractivity contribution in [2.45, 2.75) is 6.29 Å². The monoisotopic (exact) mass is 311 g/mol. The van der Waals surface area contributed by atoms with Crippen LogP contribution in [0, 0.1) is 6.57 Å². The molecular weight excluding hydrogens is 294 g/mol. The van der Waals surface area contributed by atoms with Crippen LogP contribution in [-0.4, -0.2) is 27.3 Å². The summed E-state index contributed by atoms with van der Waals surface area (Å²) in [4.78, 5) is 15.3. The Kier molecular flexibility index (Phi) is 5.47. The number of carbonyl (C=O) groups excluding carboxylic acids is 1. The third-order valence-electron chi connectivity index (χ3n) is 3.39. The summed E-state index contributed by atoms with van der Waals surface area (Å²) in [5.74, 6) is -0.444. The number of ether oxygens (including phenoxy) is 3. The van der Waals surface area contributed by atoms with Gasteiger partial charge < -0.3 is 14.2 Å². The molecule has 0 atom stereocenters. The van der Waals surface area contributed by atoms with Gasteiger partial charge in [-0.3, -0.25) is 0 Å². The molecule has 0 aliphatic rings. The van der Waals surface area contributed by atoms with Crippen LogP contribution in [0.4, 0.5) is 5.69 Å². The van der Waals surface area contributed by atoms with E-state index >= 15 is 0 Å². The van der Waals surface area contributed by atoms with Crippen LogP contribution < -0.4 is 0 Å². The number of benzene rings is 2. The lowest BCUT2D eigenvalue weighted by Gasteiger charge is -2.16. The zero-order chi connectivity index (χ0) is 16.8. The van der Waals surface area contributed by atoms with E-state index < -0.39 is 12.3 Å². The Morgan fingerprint density at radius 1 is 1.04 bits per heavy atom. The molecule has 0 N–H and O–H groups in total. The second-order valence-electron chi connectivity index (χ2n) is 4.80. The average molecular weight is 311 g/mol. The lowest BCUT2D eigenvalue weighted by atomic mass is 9.99. The molecule has 118 valence electrons. The van der Waals surface area contributed by atoms with Crippen molar-refractivity contribution in [3.05, 3.63) is 65.0 Å². The fourth-order valence-electron chi connectivity index (χ4n) is 2.31. The fraction of sp³-hybridized carbons (Fsp3) is 0.222. The van der Waals surface area contributed by atoms with Gasteiger partial charge >= 0.3 is 5.97 Å². The summed E-state index contributed by atoms with van der Waals surface area (Å²) >= 11 is 0. The Labute approximate surface area is 135 Å². The van der Waals surface area contributed by atoms with Gasteiger partial charge in [0.05, 0.1) is 19.2 Å². The van der Waals surface area contributed by atoms with Crippen LogP contribution in [0.25, 0.3) is 16.0 Å². The summed E-state index contributed by atoms with van der Waals surface area (Å²) in [6.07, 6.45) is -0.595. The Balaban J connectivity index is 2.59. The predicted octanol–water partition coefficient (Wildman–Crippen LogP) is 3.98. The maximum absolute atomic E-state index is 11.9. The van der Waals surface area contributed by atoms with E-state index in [0.717, 1.165) is 11.1 Å². The molecule has 2 aromatic carbocycles. The van der Waals surface area contributed by atoms with Crippen LogP contribution >= 0.6 is 0 Å². The van der Waals surface area contributed by atoms with Crippen molar-refractivity contribution >= 4 is 11.7 Å². The van der Waals surface area contributed by atoms with Crippen LogP contribution in [0.15, 0.2) is 42.5 Å². The van der Waals surface area contributed by atoms with Crippen molar-refractivity contribution in [2.75, 3.05) is 21.3 Å². The lowest BCUT2D eigenvalue weighted by molar-refractivity contribution is -0.106. The van der Waals surface area contributed by atoms with E-state index in [2.05, 4.69) is 4.85 Å². The van der Waals surface area contributed by atoms with Crippen molar-refractivity contribution in [3.8, 4) is 11.1 Å². The zero-order valence-corrected chi connectivity index (χ0v) is 13.2. The Bertz CT molecular complexity index is 745. The number of carbonyl (C=O) groups is 1. The van der Waals surface area contributed by atoms with Crippen molar-refractivity contribution in [3.63, 3.8) is 0 Å². The highest BCUT2D eigenvalue weighted by molar-refractivity contribution is 5.91. The third kappa shape index (κ3) is 3.75. The topological polar surface area (TPSA) is 49.1 Å². The van der Waals surface area contributed by atoms with Crippen molar-refractivity contribution in [1.29, 1.82) is 0 Å². The van der Waals surface area contributed by atoms with Crippen LogP contribution in [0.2, 0.25) is 0 Å². The van der Waals surface area contributed by atoms with Crippen LogP contribution in [0.5, 0.6) is 0 Å². The number of esters is 1. The minimum absolute atomic E-state index is 0.396. The smallest absolute Gasteiger partial charge is 0.337 e. The zero-order valence-electron chi connectivity index (χ0n) is 13.2. The van der Waals surface area contributed by atoms with Gasteiger partial charge in [0.2, 0.25) is 0 Å². The highest BCUT2D eigenvalue weighted by Gasteiger charge is 2.16. The van der Waals surface area contributed by atoms with E-state index in [4.69, 9.17) is 20.8 Å². The van der Waals surface area contributed by atoms with Crippen LogP contribution in [0.3, 0.4) is 0 Å². The molecule has 2 rings (SSSR count). The van der Waals surface area contributed by atoms with Gasteiger partial charge in [0, 0.05) is 19.8 Å². The molecule has 0 saturated carbocycles. The first-order chi connectivity index (χ1) is 11.1. The third-order valence-corrected chi connectivity index (χ3v) is 3.39. The summed E-state index contributed by atoms with van der Waals surface area (Å²) < 4.78 is 15.3. The number of hydrogen-bond acceptors (Lipinski definition) is 4. The molecule has 0 radical (unpaired) electrons. The molecule has 0 heterocycles. The van der Waals surface area contributed by atoms with Crippen LogP contribution in [-0.2, 0) is 14.2 Å². The highest BCUT2D eigenvalue weighted by atomic mass is 16.7. The molecule has 0 unspecified atom stereocenters. The molecule has 0 fully saturated rings. The molecule has 0 aliphatic heterocycles. The van der Waals surface area contributed by atoms with Gasteiger partial charge in [-0.1, -0.05) is 18.2 Å². The first kappa shape index (κ1) is 16.7. The van der Waals surface area contributed by atoms with E-state index in [9.17, 15) is 4.79 Å². The van der Waals surface area contributed by atoms with Gasteiger partial charge in [-0.2, -0.15) is 0 Å². The molecule has 5 nitrogen and oxygen atoms in total. The van der Waals surface area contributed by atoms with Crippen LogP contribution in [0.1, 0.15) is 22.2 Å². The summed E-state index contributed by atoms with van der Waals surface area (Å²) in [6, 6.07) is 12.4. The normalized spacial score (nSPS) is 10.4. The minimum atomic E-state index is -0.595. The SMILES string of the molecule is [C-]#[N+]c1cccc(-c2cc(C(=O)OC)cc(C(OC)OC)c2)c1. The van der Waals surface area contributed by atoms with Crippen molar-refractivity contribution in [1.82, 2.24) is 0 Å². The number of rotatable bonds is 5. The molecule has 23 heavy (non-hydrogen) atoms. The van der Waals surface area contributed by atoms with Crippen molar-refractivity contribution < 1.29 is 19.0 Å². The van der Waals surface area contributed by atoms with Gasteiger partial charge in [-0.15, -0.1) is 0 Å². The fourth-order valence-corrected chi connectivity index (χ4v) is 2.31. The Morgan fingerprint density at radius 3 is 2.39 bits per heavy atom. The summed E-state index contributed by atoms with van der Waals surface area (Å²) in [5.41, 5.74) is 3.24. The Hall–Kier alpha value is -2.68. The quantitative estimate of drug-likeness (QED) is 0.476. The summed E-state index contributed by atoms with van der Waals surface area (Å²) in [7, 11) is 4.38. The minimum Gasteiger partial charge on any atom is -0.465 e. The molecule has 0 spiro atoms. The van der Waals surface area contributed by atoms with E-state index in [1.807, 2.05) is 12.1 Å². The van der Waals surface area contributed by atoms with E-state index in [-0.39, 0.29) is 0 Å². The molecular formula is C18H17NO4. The molecule has 0 aliphatic carbocycles. The molecule has 0 amide bonds. The number of methoxy groups -OCH3 is 3. The van der Waals surface area contributed by atoms with Gasteiger partial charge in [-0.05, 0) is 35.4 Å². The summed E-state index contributed by atoms with van der Waals surface area (Å²) in [5, 5.41) is 0. The van der Waals surface area contributed by atoms with Gasteiger partial charge in [0.1, 0.15) is 0 Å². The van der Waals surface area contributed by atoms with Gasteiger partial charge in [0.15, 0.2) is 12.0 Å². The first-order valence-electron chi connectivity index (χ1n) is 6.89. The second kappa shape index (κ2) is 7.54. The lowest BCUT2D eigenvalue weighted by Crippen LogP contribution is -2.07. The van der Waals surface area contributed by atoms with Crippen molar-refractivity contribution in [2.24, 2.45) is 0 Å².